The Kier molecular flexibility index (Phi) is 7.04. The monoisotopic (exact) mass is 404 g/mol. The summed E-state index contributed by atoms with van der Waals surface area (Å²) >= 11 is 36.6. The molecule has 1 saturated carbocycles. The molecule has 0 nitrogen and oxygen atoms in total. The van der Waals surface area contributed by atoms with Crippen molar-refractivity contribution in [1.29, 1.82) is 0 Å². The molecule has 0 bridgehead atoms. The SMILES string of the molecule is CC(C[Si](Cl)(Cl)Cl)C1CCC(C)C([Si](Cl)(Cl)Cl)C1. The summed E-state index contributed by atoms with van der Waals surface area (Å²) in [7, 11) is 0. The fraction of sp³-hybridized carbons (Fsp3) is 1.00. The summed E-state index contributed by atoms with van der Waals surface area (Å²) in [5.74, 6) is 1.43. The second-order valence-corrected chi connectivity index (χ2v) is 23.6. The number of hydrogen-bond acceptors (Lipinski definition) is 0. The van der Waals surface area contributed by atoms with Crippen LogP contribution in [0.25, 0.3) is 0 Å². The van der Waals surface area contributed by atoms with E-state index >= 15 is 0 Å². The number of rotatable bonds is 4. The third kappa shape index (κ3) is 5.89. The quantitative estimate of drug-likeness (QED) is 0.358. The Morgan fingerprint density at radius 2 is 1.61 bits per heavy atom. The molecule has 18 heavy (non-hydrogen) atoms. The first-order valence-corrected chi connectivity index (χ1v) is 16.5. The van der Waals surface area contributed by atoms with Gasteiger partial charge in [0.1, 0.15) is 0 Å². The maximum atomic E-state index is 6.21. The Morgan fingerprint density at radius 1 is 1.06 bits per heavy atom. The Bertz CT molecular complexity index is 275. The summed E-state index contributed by atoms with van der Waals surface area (Å²) in [4.78, 5) is 0. The molecule has 1 rings (SSSR count). The molecule has 4 atom stereocenters. The van der Waals surface area contributed by atoms with Gasteiger partial charge in [0.2, 0.25) is 0 Å². The van der Waals surface area contributed by atoms with E-state index in [0.717, 1.165) is 19.3 Å². The van der Waals surface area contributed by atoms with Crippen molar-refractivity contribution in [3.63, 3.8) is 0 Å². The van der Waals surface area contributed by atoms with Gasteiger partial charge in [-0.15, -0.1) is 66.5 Å². The molecule has 0 aromatic rings. The van der Waals surface area contributed by atoms with Gasteiger partial charge >= 0.3 is 12.0 Å². The van der Waals surface area contributed by atoms with Crippen LogP contribution in [0.2, 0.25) is 11.6 Å². The maximum absolute atomic E-state index is 6.21. The van der Waals surface area contributed by atoms with Crippen molar-refractivity contribution >= 4 is 78.5 Å². The van der Waals surface area contributed by atoms with Gasteiger partial charge in [0.25, 0.3) is 0 Å². The van der Waals surface area contributed by atoms with Crippen LogP contribution in [0.4, 0.5) is 0 Å². The number of halogens is 6. The van der Waals surface area contributed by atoms with E-state index < -0.39 is 12.0 Å². The molecule has 0 heterocycles. The van der Waals surface area contributed by atoms with Crippen molar-refractivity contribution in [2.24, 2.45) is 17.8 Å². The highest BCUT2D eigenvalue weighted by Gasteiger charge is 2.45. The van der Waals surface area contributed by atoms with Crippen molar-refractivity contribution < 1.29 is 0 Å². The normalized spacial score (nSPS) is 32.3. The van der Waals surface area contributed by atoms with E-state index in [-0.39, 0.29) is 5.54 Å². The van der Waals surface area contributed by atoms with Crippen molar-refractivity contribution in [1.82, 2.24) is 0 Å². The summed E-state index contributed by atoms with van der Waals surface area (Å²) in [6.45, 7) is 4.34. The highest BCUT2D eigenvalue weighted by molar-refractivity contribution is 7.65. The molecule has 0 spiro atoms. The minimum Gasteiger partial charge on any atom is -0.126 e. The summed E-state index contributed by atoms with van der Waals surface area (Å²) in [5.41, 5.74) is 0.237. The van der Waals surface area contributed by atoms with Crippen LogP contribution in [-0.4, -0.2) is 12.0 Å². The largest absolute Gasteiger partial charge is 0.344 e. The highest BCUT2D eigenvalue weighted by atomic mass is 35.8. The van der Waals surface area contributed by atoms with E-state index in [4.69, 9.17) is 66.5 Å². The highest BCUT2D eigenvalue weighted by Crippen LogP contribution is 2.51. The van der Waals surface area contributed by atoms with Crippen molar-refractivity contribution in [2.75, 3.05) is 0 Å². The van der Waals surface area contributed by atoms with Gasteiger partial charge < -0.3 is 0 Å². The average Bonchev–Trinajstić information content (AvgIpc) is 2.13. The smallest absolute Gasteiger partial charge is 0.126 e. The predicted molar refractivity (Wildman–Crippen MR) is 90.9 cm³/mol. The van der Waals surface area contributed by atoms with Crippen molar-refractivity contribution in [2.45, 2.75) is 44.7 Å². The zero-order valence-corrected chi connectivity index (χ0v) is 16.9. The molecule has 1 aliphatic rings. The van der Waals surface area contributed by atoms with Gasteiger partial charge in [-0.2, -0.15) is 0 Å². The van der Waals surface area contributed by atoms with Crippen LogP contribution >= 0.6 is 66.5 Å². The molecule has 4 unspecified atom stereocenters. The lowest BCUT2D eigenvalue weighted by Gasteiger charge is -2.39. The molecule has 8 heteroatoms. The van der Waals surface area contributed by atoms with Gasteiger partial charge in [0.05, 0.1) is 0 Å². The number of hydrogen-bond donors (Lipinski definition) is 0. The maximum Gasteiger partial charge on any atom is 0.344 e. The van der Waals surface area contributed by atoms with Gasteiger partial charge in [0, 0.05) is 0 Å². The minimum absolute atomic E-state index is 0.237. The van der Waals surface area contributed by atoms with Crippen LogP contribution in [0.1, 0.15) is 33.1 Å². The van der Waals surface area contributed by atoms with Crippen LogP contribution in [0.15, 0.2) is 0 Å². The first kappa shape index (κ1) is 18.2. The van der Waals surface area contributed by atoms with Crippen LogP contribution in [-0.2, 0) is 0 Å². The average molecular weight is 407 g/mol. The summed E-state index contributed by atoms with van der Waals surface area (Å²) in [6.07, 6.45) is 3.24. The second-order valence-electron chi connectivity index (χ2n) is 5.50. The fourth-order valence-electron chi connectivity index (χ4n) is 2.86. The molecule has 108 valence electrons. The first-order chi connectivity index (χ1) is 8.00. The Labute approximate surface area is 140 Å². The standard InChI is InChI=1S/C10H18Cl6Si2/c1-7-3-4-9(5-10(7)18(14,15)16)8(2)6-17(11,12)13/h7-10H,3-6H2,1-2H3. The van der Waals surface area contributed by atoms with Gasteiger partial charge in [-0.05, 0) is 42.2 Å². The second kappa shape index (κ2) is 6.96. The van der Waals surface area contributed by atoms with Crippen LogP contribution in [0.5, 0.6) is 0 Å². The summed E-state index contributed by atoms with van der Waals surface area (Å²) < 4.78 is 0. The van der Waals surface area contributed by atoms with E-state index in [2.05, 4.69) is 13.8 Å². The van der Waals surface area contributed by atoms with Crippen LogP contribution < -0.4 is 0 Å². The molecule has 1 fully saturated rings. The van der Waals surface area contributed by atoms with Crippen LogP contribution in [0, 0.1) is 17.8 Å². The van der Waals surface area contributed by atoms with Gasteiger partial charge in [-0.3, -0.25) is 0 Å². The summed E-state index contributed by atoms with van der Waals surface area (Å²) in [6, 6.07) is -4.50. The lowest BCUT2D eigenvalue weighted by molar-refractivity contribution is 0.233. The van der Waals surface area contributed by atoms with E-state index in [0.29, 0.717) is 23.8 Å². The van der Waals surface area contributed by atoms with E-state index in [9.17, 15) is 0 Å². The summed E-state index contributed by atoms with van der Waals surface area (Å²) in [5, 5.41) is 0. The predicted octanol–water partition coefficient (Wildman–Crippen LogP) is 6.74. The van der Waals surface area contributed by atoms with Gasteiger partial charge in [0.15, 0.2) is 0 Å². The molecule has 0 saturated heterocycles. The Hall–Kier alpha value is 2.17. The molecular weight excluding hydrogens is 389 g/mol. The lowest BCUT2D eigenvalue weighted by Crippen LogP contribution is -2.34. The van der Waals surface area contributed by atoms with Crippen molar-refractivity contribution in [3.8, 4) is 0 Å². The Morgan fingerprint density at radius 3 is 2.06 bits per heavy atom. The van der Waals surface area contributed by atoms with E-state index in [1.165, 1.54) is 0 Å². The van der Waals surface area contributed by atoms with Gasteiger partial charge in [-0.25, -0.2) is 0 Å². The molecule has 0 N–H and O–H groups in total. The molecule has 1 aliphatic carbocycles. The van der Waals surface area contributed by atoms with Gasteiger partial charge in [-0.1, -0.05) is 20.3 Å². The third-order valence-electron chi connectivity index (χ3n) is 4.01. The minimum atomic E-state index is -2.64. The Balaban J connectivity index is 2.65. The first-order valence-electron chi connectivity index (χ1n) is 6.14. The lowest BCUT2D eigenvalue weighted by atomic mass is 9.77. The molecular formula is C10H18Cl6Si2. The van der Waals surface area contributed by atoms with E-state index in [1.54, 1.807) is 0 Å². The molecule has 0 amide bonds. The zero-order chi connectivity index (χ0) is 14.1. The van der Waals surface area contributed by atoms with Crippen LogP contribution in [0.3, 0.4) is 0 Å². The zero-order valence-electron chi connectivity index (χ0n) is 10.4. The topological polar surface area (TPSA) is 0 Å². The van der Waals surface area contributed by atoms with E-state index in [1.807, 2.05) is 0 Å². The molecule has 0 aromatic carbocycles. The molecule has 0 aliphatic heterocycles. The third-order valence-corrected chi connectivity index (χ3v) is 10.7. The molecule has 0 radical (unpaired) electrons. The van der Waals surface area contributed by atoms with Crippen molar-refractivity contribution in [3.05, 3.63) is 0 Å². The fourth-order valence-corrected chi connectivity index (χ4v) is 10.2. The molecule has 0 aromatic heterocycles.